The van der Waals surface area contributed by atoms with Crippen molar-refractivity contribution in [2.24, 2.45) is 5.92 Å². The summed E-state index contributed by atoms with van der Waals surface area (Å²) in [7, 11) is 2.20. The average Bonchev–Trinajstić information content (AvgIpc) is 3.46. The number of anilines is 1. The highest BCUT2D eigenvalue weighted by atomic mass is 32.1. The molecule has 1 unspecified atom stereocenters. The number of hydrogen-bond donors (Lipinski definition) is 1. The SMILES string of the molecule is CN1CCCC1CCN(C(=O)C1CCNCC1)c1ncnc2scc(-c3ccccc3)c12. The van der Waals surface area contributed by atoms with Gasteiger partial charge in [0.05, 0.1) is 5.39 Å². The first-order chi connectivity index (χ1) is 15.7. The van der Waals surface area contributed by atoms with Crippen LogP contribution in [-0.2, 0) is 4.79 Å². The van der Waals surface area contributed by atoms with E-state index in [0.717, 1.165) is 66.1 Å². The molecule has 1 atom stereocenters. The Hall–Kier alpha value is -2.35. The standard InChI is InChI=1S/C25H31N5OS/c1-29-14-5-8-20(29)11-15-30(25(31)19-9-12-26-13-10-19)23-22-21(18-6-3-2-4-7-18)16-32-24(22)28-17-27-23/h2-4,6-7,16-17,19-20,26H,5,8-15H2,1H3. The van der Waals surface area contributed by atoms with Gasteiger partial charge >= 0.3 is 0 Å². The summed E-state index contributed by atoms with van der Waals surface area (Å²) in [5.74, 6) is 1.05. The van der Waals surface area contributed by atoms with Gasteiger partial charge in [0.25, 0.3) is 0 Å². The van der Waals surface area contributed by atoms with Crippen molar-refractivity contribution in [1.82, 2.24) is 20.2 Å². The van der Waals surface area contributed by atoms with Gasteiger partial charge in [0.1, 0.15) is 17.0 Å². The van der Waals surface area contributed by atoms with Gasteiger partial charge in [0.2, 0.25) is 5.91 Å². The Morgan fingerprint density at radius 3 is 2.75 bits per heavy atom. The molecular weight excluding hydrogens is 418 g/mol. The van der Waals surface area contributed by atoms with Gasteiger partial charge in [0.15, 0.2) is 0 Å². The number of rotatable bonds is 6. The van der Waals surface area contributed by atoms with Crippen LogP contribution in [0.2, 0.25) is 0 Å². The lowest BCUT2D eigenvalue weighted by molar-refractivity contribution is -0.123. The fraction of sp³-hybridized carbons (Fsp3) is 0.480. The third kappa shape index (κ3) is 4.29. The molecule has 0 spiro atoms. The van der Waals surface area contributed by atoms with Crippen LogP contribution in [0, 0.1) is 5.92 Å². The van der Waals surface area contributed by atoms with E-state index in [1.165, 1.54) is 12.8 Å². The fourth-order valence-electron chi connectivity index (χ4n) is 5.13. The zero-order valence-corrected chi connectivity index (χ0v) is 19.5. The summed E-state index contributed by atoms with van der Waals surface area (Å²) in [6.45, 7) is 3.66. The highest BCUT2D eigenvalue weighted by Crippen LogP contribution is 2.38. The van der Waals surface area contributed by atoms with Crippen molar-refractivity contribution in [2.75, 3.05) is 38.1 Å². The summed E-state index contributed by atoms with van der Waals surface area (Å²) in [6, 6.07) is 10.9. The Balaban J connectivity index is 1.54. The number of fused-ring (bicyclic) bond motifs is 1. The molecule has 2 saturated heterocycles. The normalized spacial score (nSPS) is 20.1. The molecule has 1 aromatic carbocycles. The van der Waals surface area contributed by atoms with Crippen LogP contribution < -0.4 is 10.2 Å². The third-order valence-corrected chi connectivity index (χ3v) is 7.89. The molecule has 3 aromatic rings. The number of nitrogens with zero attached hydrogens (tertiary/aromatic N) is 4. The van der Waals surface area contributed by atoms with Crippen LogP contribution in [-0.4, -0.2) is 60.0 Å². The number of carbonyl (C=O) groups excluding carboxylic acids is 1. The summed E-state index contributed by atoms with van der Waals surface area (Å²) in [4.78, 5) is 28.5. The van der Waals surface area contributed by atoms with Gasteiger partial charge in [-0.05, 0) is 64.3 Å². The molecular formula is C25H31N5OS. The highest BCUT2D eigenvalue weighted by Gasteiger charge is 2.31. The number of likely N-dealkylation sites (tertiary alicyclic amines) is 1. The number of aromatic nitrogens is 2. The Kier molecular flexibility index (Phi) is 6.48. The number of nitrogens with one attached hydrogen (secondary N) is 1. The lowest BCUT2D eigenvalue weighted by Crippen LogP contribution is -2.43. The number of amides is 1. The minimum Gasteiger partial charge on any atom is -0.317 e. The summed E-state index contributed by atoms with van der Waals surface area (Å²) < 4.78 is 0. The molecule has 2 fully saturated rings. The van der Waals surface area contributed by atoms with Crippen molar-refractivity contribution < 1.29 is 4.79 Å². The lowest BCUT2D eigenvalue weighted by Gasteiger charge is -2.31. The first kappa shape index (κ1) is 21.5. The minimum absolute atomic E-state index is 0.0568. The minimum atomic E-state index is 0.0568. The van der Waals surface area contributed by atoms with E-state index in [0.29, 0.717) is 12.6 Å². The van der Waals surface area contributed by atoms with Crippen molar-refractivity contribution in [3.8, 4) is 11.1 Å². The van der Waals surface area contributed by atoms with E-state index in [9.17, 15) is 4.79 Å². The molecule has 2 aliphatic rings. The van der Waals surface area contributed by atoms with Crippen molar-refractivity contribution in [1.29, 1.82) is 0 Å². The molecule has 1 N–H and O–H groups in total. The third-order valence-electron chi connectivity index (χ3n) is 7.00. The largest absolute Gasteiger partial charge is 0.317 e. The smallest absolute Gasteiger partial charge is 0.231 e. The summed E-state index contributed by atoms with van der Waals surface area (Å²) in [5, 5.41) is 6.54. The molecule has 0 aliphatic carbocycles. The van der Waals surface area contributed by atoms with Gasteiger partial charge in [-0.3, -0.25) is 9.69 Å². The van der Waals surface area contributed by atoms with Crippen LogP contribution in [0.1, 0.15) is 32.1 Å². The maximum Gasteiger partial charge on any atom is 0.231 e. The van der Waals surface area contributed by atoms with Crippen molar-refractivity contribution in [2.45, 2.75) is 38.1 Å². The predicted molar refractivity (Wildman–Crippen MR) is 131 cm³/mol. The monoisotopic (exact) mass is 449 g/mol. The van der Waals surface area contributed by atoms with E-state index in [2.05, 4.69) is 51.9 Å². The number of piperidine rings is 1. The van der Waals surface area contributed by atoms with Crippen LogP contribution >= 0.6 is 11.3 Å². The first-order valence-corrected chi connectivity index (χ1v) is 12.6. The number of benzene rings is 1. The van der Waals surface area contributed by atoms with Crippen LogP contribution in [0.15, 0.2) is 42.0 Å². The highest BCUT2D eigenvalue weighted by molar-refractivity contribution is 7.17. The predicted octanol–water partition coefficient (Wildman–Crippen LogP) is 4.18. The maximum atomic E-state index is 13.8. The summed E-state index contributed by atoms with van der Waals surface area (Å²) in [6.07, 6.45) is 6.82. The Labute approximate surface area is 193 Å². The van der Waals surface area contributed by atoms with E-state index in [1.54, 1.807) is 17.7 Å². The lowest BCUT2D eigenvalue weighted by atomic mass is 9.96. The average molecular weight is 450 g/mol. The molecule has 5 rings (SSSR count). The molecule has 0 radical (unpaired) electrons. The van der Waals surface area contributed by atoms with E-state index in [1.807, 2.05) is 11.0 Å². The second kappa shape index (κ2) is 9.65. The molecule has 0 saturated carbocycles. The topological polar surface area (TPSA) is 61.4 Å². The number of carbonyl (C=O) groups is 1. The maximum absolute atomic E-state index is 13.8. The molecule has 0 bridgehead atoms. The van der Waals surface area contributed by atoms with Gasteiger partial charge in [-0.15, -0.1) is 11.3 Å². The zero-order valence-electron chi connectivity index (χ0n) is 18.7. The molecule has 2 aromatic heterocycles. The molecule has 6 nitrogen and oxygen atoms in total. The van der Waals surface area contributed by atoms with Gasteiger partial charge in [-0.25, -0.2) is 9.97 Å². The second-order valence-corrected chi connectivity index (χ2v) is 9.83. The first-order valence-electron chi connectivity index (χ1n) is 11.7. The van der Waals surface area contributed by atoms with E-state index >= 15 is 0 Å². The van der Waals surface area contributed by atoms with E-state index < -0.39 is 0 Å². The fourth-order valence-corrected chi connectivity index (χ4v) is 6.04. The summed E-state index contributed by atoms with van der Waals surface area (Å²) >= 11 is 1.62. The second-order valence-electron chi connectivity index (χ2n) is 8.97. The molecule has 4 heterocycles. The van der Waals surface area contributed by atoms with E-state index in [-0.39, 0.29) is 11.8 Å². The Morgan fingerprint density at radius 2 is 2.00 bits per heavy atom. The van der Waals surface area contributed by atoms with Gasteiger partial charge in [-0.2, -0.15) is 0 Å². The van der Waals surface area contributed by atoms with Crippen LogP contribution in [0.25, 0.3) is 21.3 Å². The van der Waals surface area contributed by atoms with Gasteiger partial charge in [0, 0.05) is 29.4 Å². The molecule has 7 heteroatoms. The van der Waals surface area contributed by atoms with E-state index in [4.69, 9.17) is 4.98 Å². The number of hydrogen-bond acceptors (Lipinski definition) is 6. The van der Waals surface area contributed by atoms with Gasteiger partial charge < -0.3 is 10.2 Å². The quantitative estimate of drug-likeness (QED) is 0.612. The van der Waals surface area contributed by atoms with Crippen molar-refractivity contribution >= 4 is 33.3 Å². The van der Waals surface area contributed by atoms with Crippen LogP contribution in [0.4, 0.5) is 5.82 Å². The number of thiophene rings is 1. The molecule has 32 heavy (non-hydrogen) atoms. The van der Waals surface area contributed by atoms with Crippen LogP contribution in [0.3, 0.4) is 0 Å². The molecule has 1 amide bonds. The van der Waals surface area contributed by atoms with Crippen molar-refractivity contribution in [3.05, 3.63) is 42.0 Å². The summed E-state index contributed by atoms with van der Waals surface area (Å²) in [5.41, 5.74) is 2.25. The van der Waals surface area contributed by atoms with Crippen LogP contribution in [0.5, 0.6) is 0 Å². The molecule has 2 aliphatic heterocycles. The Bertz CT molecular complexity index is 1060. The van der Waals surface area contributed by atoms with Crippen molar-refractivity contribution in [3.63, 3.8) is 0 Å². The molecule has 168 valence electrons. The van der Waals surface area contributed by atoms with Gasteiger partial charge in [-0.1, -0.05) is 30.3 Å². The Morgan fingerprint density at radius 1 is 1.19 bits per heavy atom. The zero-order chi connectivity index (χ0) is 21.9.